The van der Waals surface area contributed by atoms with E-state index in [2.05, 4.69) is 25.1 Å². The Hall–Kier alpha value is -1.69. The molecule has 0 bridgehead atoms. The molecule has 3 nitrogen and oxygen atoms in total. The molecule has 0 saturated heterocycles. The van der Waals surface area contributed by atoms with Gasteiger partial charge in [-0.25, -0.2) is 0 Å². The highest BCUT2D eigenvalue weighted by Gasteiger charge is 2.16. The van der Waals surface area contributed by atoms with E-state index in [0.717, 1.165) is 37.9 Å². The van der Waals surface area contributed by atoms with Gasteiger partial charge < -0.3 is 0 Å². The van der Waals surface area contributed by atoms with Gasteiger partial charge in [0.05, 0.1) is 6.26 Å². The summed E-state index contributed by atoms with van der Waals surface area (Å²) >= 11 is 1.58. The maximum absolute atomic E-state index is 11.3. The molecular formula is C17H16O3S2. The highest BCUT2D eigenvalue weighted by Crippen LogP contribution is 2.40. The quantitative estimate of drug-likeness (QED) is 0.667. The molecule has 0 atom stereocenters. The highest BCUT2D eigenvalue weighted by atomic mass is 32.2. The second-order valence-corrected chi connectivity index (χ2v) is 7.96. The molecule has 0 N–H and O–H groups in total. The fourth-order valence-corrected chi connectivity index (χ4v) is 4.05. The molecule has 0 aliphatic carbocycles. The Balaban J connectivity index is 2.19. The van der Waals surface area contributed by atoms with Gasteiger partial charge in [-0.15, -0.1) is 11.3 Å². The molecule has 0 saturated carbocycles. The molecule has 0 unspecified atom stereocenters. The molecule has 114 valence electrons. The lowest BCUT2D eigenvalue weighted by atomic mass is 9.98. The van der Waals surface area contributed by atoms with Crippen molar-refractivity contribution in [2.24, 2.45) is 0 Å². The normalized spacial score (nSPS) is 11.9. The number of thiophene rings is 1. The molecule has 1 aromatic heterocycles. The maximum atomic E-state index is 11.3. The molecule has 0 aliphatic heterocycles. The van der Waals surface area contributed by atoms with Crippen molar-refractivity contribution < 1.29 is 12.6 Å². The summed E-state index contributed by atoms with van der Waals surface area (Å²) in [6.07, 6.45) is 1.08. The number of fused-ring (bicyclic) bond motifs is 1. The van der Waals surface area contributed by atoms with Crippen LogP contribution in [0.5, 0.6) is 0 Å². The Labute approximate surface area is 134 Å². The average molecular weight is 332 g/mol. The van der Waals surface area contributed by atoms with E-state index in [9.17, 15) is 8.42 Å². The predicted molar refractivity (Wildman–Crippen MR) is 91.6 cm³/mol. The summed E-state index contributed by atoms with van der Waals surface area (Å²) in [4.78, 5) is 0.931. The minimum absolute atomic E-state index is 0.0713. The Kier molecular flexibility index (Phi) is 4.04. The van der Waals surface area contributed by atoms with Gasteiger partial charge in [-0.2, -0.15) is 8.42 Å². The summed E-state index contributed by atoms with van der Waals surface area (Å²) in [5.41, 5.74) is 3.35. The van der Waals surface area contributed by atoms with Crippen molar-refractivity contribution in [2.75, 3.05) is 6.26 Å². The number of aryl methyl sites for hydroxylation is 1. The van der Waals surface area contributed by atoms with E-state index < -0.39 is 10.1 Å². The van der Waals surface area contributed by atoms with Gasteiger partial charge in [0, 0.05) is 20.5 Å². The fourth-order valence-electron chi connectivity index (χ4n) is 2.51. The molecule has 22 heavy (non-hydrogen) atoms. The maximum Gasteiger partial charge on any atom is 0.264 e. The first kappa shape index (κ1) is 15.2. The Morgan fingerprint density at radius 1 is 1.05 bits per heavy atom. The van der Waals surface area contributed by atoms with E-state index >= 15 is 0 Å². The van der Waals surface area contributed by atoms with Crippen LogP contribution in [0.1, 0.15) is 10.4 Å². The van der Waals surface area contributed by atoms with Crippen molar-refractivity contribution in [3.8, 4) is 11.1 Å². The first-order valence-corrected chi connectivity index (χ1v) is 9.50. The standard InChI is InChI=1S/C17H16O3S2/c1-12-7-3-4-8-13(12)17-14-9-5-6-10-15(14)21-16(17)11-20-22(2,18)19/h3-10H,11H2,1-2H3. The molecular weight excluding hydrogens is 316 g/mol. The Morgan fingerprint density at radius 2 is 1.73 bits per heavy atom. The Morgan fingerprint density at radius 3 is 2.45 bits per heavy atom. The molecule has 3 aromatic rings. The summed E-state index contributed by atoms with van der Waals surface area (Å²) < 4.78 is 28.8. The molecule has 0 radical (unpaired) electrons. The van der Waals surface area contributed by atoms with Crippen molar-refractivity contribution in [1.82, 2.24) is 0 Å². The molecule has 1 heterocycles. The number of benzene rings is 2. The minimum Gasteiger partial charge on any atom is -0.265 e. The lowest BCUT2D eigenvalue weighted by Crippen LogP contribution is -2.02. The van der Waals surface area contributed by atoms with Crippen LogP contribution >= 0.6 is 11.3 Å². The van der Waals surface area contributed by atoms with Gasteiger partial charge in [-0.1, -0.05) is 42.5 Å². The third-order valence-corrected chi connectivity index (χ3v) is 5.18. The summed E-state index contributed by atoms with van der Waals surface area (Å²) in [5.74, 6) is 0. The number of rotatable bonds is 4. The second kappa shape index (κ2) is 5.83. The summed E-state index contributed by atoms with van der Waals surface area (Å²) in [7, 11) is -3.46. The van der Waals surface area contributed by atoms with Crippen LogP contribution in [0.3, 0.4) is 0 Å². The third-order valence-electron chi connectivity index (χ3n) is 3.49. The summed E-state index contributed by atoms with van der Waals surface area (Å²) in [6.45, 7) is 2.13. The van der Waals surface area contributed by atoms with Crippen LogP contribution in [-0.4, -0.2) is 14.7 Å². The van der Waals surface area contributed by atoms with Crippen molar-refractivity contribution in [3.05, 3.63) is 59.0 Å². The molecule has 5 heteroatoms. The average Bonchev–Trinajstić information content (AvgIpc) is 2.83. The molecule has 0 aliphatic rings. The zero-order chi connectivity index (χ0) is 15.7. The molecule has 0 amide bonds. The van der Waals surface area contributed by atoms with Gasteiger partial charge in [0.25, 0.3) is 10.1 Å². The largest absolute Gasteiger partial charge is 0.265 e. The van der Waals surface area contributed by atoms with E-state index in [1.54, 1.807) is 11.3 Å². The Bertz CT molecular complexity index is 924. The van der Waals surface area contributed by atoms with Crippen molar-refractivity contribution in [1.29, 1.82) is 0 Å². The van der Waals surface area contributed by atoms with Crippen molar-refractivity contribution in [2.45, 2.75) is 13.5 Å². The van der Waals surface area contributed by atoms with Crippen LogP contribution in [0, 0.1) is 6.92 Å². The summed E-state index contributed by atoms with van der Waals surface area (Å²) in [5, 5.41) is 1.13. The van der Waals surface area contributed by atoms with E-state index in [1.807, 2.05) is 30.3 Å². The second-order valence-electron chi connectivity index (χ2n) is 5.18. The van der Waals surface area contributed by atoms with Crippen molar-refractivity contribution >= 4 is 31.5 Å². The lowest BCUT2D eigenvalue weighted by Gasteiger charge is -2.08. The van der Waals surface area contributed by atoms with Crippen LogP contribution < -0.4 is 0 Å². The van der Waals surface area contributed by atoms with E-state index in [4.69, 9.17) is 4.18 Å². The zero-order valence-corrected chi connectivity index (χ0v) is 14.0. The van der Waals surface area contributed by atoms with Gasteiger partial charge in [0.2, 0.25) is 0 Å². The predicted octanol–water partition coefficient (Wildman–Crippen LogP) is 4.35. The smallest absolute Gasteiger partial charge is 0.264 e. The van der Waals surface area contributed by atoms with Gasteiger partial charge in [0.1, 0.15) is 6.61 Å². The molecule has 0 spiro atoms. The van der Waals surface area contributed by atoms with Gasteiger partial charge >= 0.3 is 0 Å². The van der Waals surface area contributed by atoms with Gasteiger partial charge in [-0.3, -0.25) is 4.18 Å². The topological polar surface area (TPSA) is 43.4 Å². The van der Waals surface area contributed by atoms with Crippen LogP contribution in [0.4, 0.5) is 0 Å². The van der Waals surface area contributed by atoms with Crippen molar-refractivity contribution in [3.63, 3.8) is 0 Å². The lowest BCUT2D eigenvalue weighted by molar-refractivity contribution is 0.315. The van der Waals surface area contributed by atoms with Gasteiger partial charge in [0.15, 0.2) is 0 Å². The molecule has 0 fully saturated rings. The van der Waals surface area contributed by atoms with Crippen LogP contribution in [0.25, 0.3) is 21.2 Å². The molecule has 3 rings (SSSR count). The van der Waals surface area contributed by atoms with Crippen LogP contribution in [-0.2, 0) is 20.9 Å². The van der Waals surface area contributed by atoms with E-state index in [0.29, 0.717) is 0 Å². The monoisotopic (exact) mass is 332 g/mol. The van der Waals surface area contributed by atoms with Crippen LogP contribution in [0.2, 0.25) is 0 Å². The van der Waals surface area contributed by atoms with E-state index in [-0.39, 0.29) is 6.61 Å². The first-order chi connectivity index (χ1) is 10.5. The molecule has 2 aromatic carbocycles. The summed E-state index contributed by atoms with van der Waals surface area (Å²) in [6, 6.07) is 16.2. The van der Waals surface area contributed by atoms with E-state index in [1.165, 1.54) is 0 Å². The highest BCUT2D eigenvalue weighted by molar-refractivity contribution is 7.85. The third kappa shape index (κ3) is 3.06. The SMILES string of the molecule is Cc1ccccc1-c1c(COS(C)(=O)=O)sc2ccccc12. The fraction of sp³-hybridized carbons (Fsp3) is 0.176. The van der Waals surface area contributed by atoms with Gasteiger partial charge in [-0.05, 0) is 24.1 Å². The first-order valence-electron chi connectivity index (χ1n) is 6.86. The number of hydrogen-bond acceptors (Lipinski definition) is 4. The number of hydrogen-bond donors (Lipinski definition) is 0. The van der Waals surface area contributed by atoms with Crippen LogP contribution in [0.15, 0.2) is 48.5 Å². The zero-order valence-electron chi connectivity index (χ0n) is 12.4. The minimum atomic E-state index is -3.46.